The van der Waals surface area contributed by atoms with Crippen LogP contribution in [0, 0.1) is 18.8 Å². The molecule has 2 aromatic rings. The Hall–Kier alpha value is -2.92. The summed E-state index contributed by atoms with van der Waals surface area (Å²) in [4.78, 5) is 23.6. The highest BCUT2D eigenvalue weighted by Gasteiger charge is 2.16. The van der Waals surface area contributed by atoms with Gasteiger partial charge >= 0.3 is 5.91 Å². The van der Waals surface area contributed by atoms with E-state index in [0.717, 1.165) is 30.0 Å². The number of nitrogens with zero attached hydrogens (tertiary/aromatic N) is 4. The lowest BCUT2D eigenvalue weighted by Crippen LogP contribution is -2.26. The van der Waals surface area contributed by atoms with Gasteiger partial charge in [-0.05, 0) is 56.5 Å². The van der Waals surface area contributed by atoms with Crippen LogP contribution < -0.4 is 9.80 Å². The summed E-state index contributed by atoms with van der Waals surface area (Å²) in [5, 5.41) is -0.228. The number of amides is 1. The Labute approximate surface area is 172 Å². The topological polar surface area (TPSA) is 83.5 Å². The summed E-state index contributed by atoms with van der Waals surface area (Å²) in [5.74, 6) is 4.53. The first-order chi connectivity index (χ1) is 13.8. The molecule has 0 saturated heterocycles. The van der Waals surface area contributed by atoms with Crippen LogP contribution in [0.4, 0.5) is 11.4 Å². The highest BCUT2D eigenvalue weighted by molar-refractivity contribution is 7.91. The largest absolute Gasteiger partial charge is 0.372 e. The number of carbonyl (C=O) groups excluding carboxylic acids is 1. The third-order valence-electron chi connectivity index (χ3n) is 4.49. The summed E-state index contributed by atoms with van der Waals surface area (Å²) in [6.07, 6.45) is 2.77. The second-order valence-corrected chi connectivity index (χ2v) is 8.41. The predicted octanol–water partition coefficient (Wildman–Crippen LogP) is 2.46. The molecular formula is C21H26N4O3S. The number of benzene rings is 1. The van der Waals surface area contributed by atoms with Crippen LogP contribution in [0.15, 0.2) is 41.8 Å². The zero-order valence-corrected chi connectivity index (χ0v) is 18.0. The number of sulfone groups is 1. The lowest BCUT2D eigenvalue weighted by atomic mass is 10.1. The van der Waals surface area contributed by atoms with Crippen LogP contribution >= 0.6 is 0 Å². The average molecular weight is 415 g/mol. The van der Waals surface area contributed by atoms with Crippen molar-refractivity contribution in [1.29, 1.82) is 0 Å². The second kappa shape index (κ2) is 10.0. The van der Waals surface area contributed by atoms with E-state index in [1.165, 1.54) is 17.3 Å². The van der Waals surface area contributed by atoms with Crippen molar-refractivity contribution in [2.75, 3.05) is 35.7 Å². The van der Waals surface area contributed by atoms with E-state index >= 15 is 0 Å². The van der Waals surface area contributed by atoms with Gasteiger partial charge < -0.3 is 9.80 Å². The molecule has 0 unspecified atom stereocenters. The molecule has 0 bridgehead atoms. The zero-order valence-electron chi connectivity index (χ0n) is 17.2. The van der Waals surface area contributed by atoms with Crippen LogP contribution in [0.5, 0.6) is 0 Å². The van der Waals surface area contributed by atoms with Gasteiger partial charge in [-0.25, -0.2) is 18.4 Å². The van der Waals surface area contributed by atoms with Crippen molar-refractivity contribution in [3.05, 3.63) is 42.2 Å². The van der Waals surface area contributed by atoms with Gasteiger partial charge in [0.05, 0.1) is 5.75 Å². The summed E-state index contributed by atoms with van der Waals surface area (Å²) in [6.45, 7) is 7.97. The van der Waals surface area contributed by atoms with Crippen molar-refractivity contribution >= 4 is 27.1 Å². The fourth-order valence-corrected chi connectivity index (χ4v) is 3.85. The van der Waals surface area contributed by atoms with Crippen molar-refractivity contribution in [2.24, 2.45) is 0 Å². The van der Waals surface area contributed by atoms with Crippen molar-refractivity contribution in [1.82, 2.24) is 9.97 Å². The maximum Gasteiger partial charge on any atom is 0.302 e. The quantitative estimate of drug-likeness (QED) is 0.511. The molecule has 7 nitrogen and oxygen atoms in total. The number of rotatable bonds is 7. The van der Waals surface area contributed by atoms with Crippen LogP contribution in [0.25, 0.3) is 0 Å². The van der Waals surface area contributed by atoms with Gasteiger partial charge in [0.2, 0.25) is 15.0 Å². The Morgan fingerprint density at radius 2 is 1.79 bits per heavy atom. The number of carbonyl (C=O) groups is 1. The molecule has 2 rings (SSSR count). The van der Waals surface area contributed by atoms with Crippen LogP contribution in [0.1, 0.15) is 25.8 Å². The minimum atomic E-state index is -3.61. The Balaban J connectivity index is 2.03. The first-order valence-electron chi connectivity index (χ1n) is 9.42. The lowest BCUT2D eigenvalue weighted by molar-refractivity contribution is -0.113. The maximum atomic E-state index is 12.4. The molecule has 1 heterocycles. The summed E-state index contributed by atoms with van der Waals surface area (Å²) in [6, 6.07) is 7.48. The van der Waals surface area contributed by atoms with Gasteiger partial charge in [0.1, 0.15) is 0 Å². The molecule has 0 spiro atoms. The second-order valence-electron chi connectivity index (χ2n) is 6.41. The third kappa shape index (κ3) is 5.78. The van der Waals surface area contributed by atoms with E-state index in [4.69, 9.17) is 0 Å². The molecule has 0 fully saturated rings. The van der Waals surface area contributed by atoms with E-state index in [-0.39, 0.29) is 17.3 Å². The summed E-state index contributed by atoms with van der Waals surface area (Å²) < 4.78 is 24.2. The molecule has 0 N–H and O–H groups in total. The fourth-order valence-electron chi connectivity index (χ4n) is 2.86. The van der Waals surface area contributed by atoms with E-state index in [1.54, 1.807) is 13.1 Å². The number of hydrogen-bond acceptors (Lipinski definition) is 6. The number of hydrogen-bond donors (Lipinski definition) is 0. The minimum absolute atomic E-state index is 0.0278. The molecular weight excluding hydrogens is 388 g/mol. The van der Waals surface area contributed by atoms with Gasteiger partial charge in [-0.15, -0.1) is 0 Å². The van der Waals surface area contributed by atoms with Crippen molar-refractivity contribution in [2.45, 2.75) is 32.3 Å². The first kappa shape index (κ1) is 22.4. The summed E-state index contributed by atoms with van der Waals surface area (Å²) in [7, 11) is -1.95. The van der Waals surface area contributed by atoms with Crippen molar-refractivity contribution in [3.8, 4) is 11.8 Å². The normalized spacial score (nSPS) is 10.8. The Morgan fingerprint density at radius 3 is 2.38 bits per heavy atom. The molecule has 154 valence electrons. The van der Waals surface area contributed by atoms with Crippen molar-refractivity contribution in [3.63, 3.8) is 0 Å². The summed E-state index contributed by atoms with van der Waals surface area (Å²) >= 11 is 0. The molecule has 0 radical (unpaired) electrons. The smallest absolute Gasteiger partial charge is 0.302 e. The third-order valence-corrected chi connectivity index (χ3v) is 6.00. The highest BCUT2D eigenvalue weighted by atomic mass is 32.2. The minimum Gasteiger partial charge on any atom is -0.372 e. The van der Waals surface area contributed by atoms with Gasteiger partial charge in [0.25, 0.3) is 0 Å². The Kier molecular flexibility index (Phi) is 7.74. The molecule has 0 aliphatic heterocycles. The zero-order chi connectivity index (χ0) is 21.4. The number of aromatic nitrogens is 2. The van der Waals surface area contributed by atoms with Crippen LogP contribution in [-0.4, -0.2) is 50.2 Å². The van der Waals surface area contributed by atoms with E-state index in [0.29, 0.717) is 0 Å². The molecule has 1 amide bonds. The molecule has 8 heteroatoms. The fraction of sp³-hybridized carbons (Fsp3) is 0.381. The molecule has 0 atom stereocenters. The SMILES string of the molecule is CCN(CC)c1ccc(N(C)C(=O)C#CCCS(=O)(=O)c2ncccn2)c(C)c1. The molecule has 0 aliphatic rings. The van der Waals surface area contributed by atoms with E-state index in [1.807, 2.05) is 25.1 Å². The van der Waals surface area contributed by atoms with Gasteiger partial charge in [0.15, 0.2) is 0 Å². The molecule has 0 aliphatic carbocycles. The van der Waals surface area contributed by atoms with Crippen LogP contribution in [0.3, 0.4) is 0 Å². The van der Waals surface area contributed by atoms with Gasteiger partial charge in [-0.1, -0.05) is 5.92 Å². The van der Waals surface area contributed by atoms with Crippen LogP contribution in [-0.2, 0) is 14.6 Å². The predicted molar refractivity (Wildman–Crippen MR) is 115 cm³/mol. The van der Waals surface area contributed by atoms with Gasteiger partial charge in [-0.3, -0.25) is 4.79 Å². The van der Waals surface area contributed by atoms with Gasteiger partial charge in [-0.2, -0.15) is 0 Å². The van der Waals surface area contributed by atoms with E-state index in [9.17, 15) is 13.2 Å². The van der Waals surface area contributed by atoms with Crippen LogP contribution in [0.2, 0.25) is 0 Å². The molecule has 29 heavy (non-hydrogen) atoms. The van der Waals surface area contributed by atoms with E-state index in [2.05, 4.69) is 40.6 Å². The van der Waals surface area contributed by atoms with E-state index < -0.39 is 15.7 Å². The average Bonchev–Trinajstić information content (AvgIpc) is 2.72. The Bertz CT molecular complexity index is 1010. The van der Waals surface area contributed by atoms with Crippen molar-refractivity contribution < 1.29 is 13.2 Å². The molecule has 1 aromatic heterocycles. The lowest BCUT2D eigenvalue weighted by Gasteiger charge is -2.24. The van der Waals surface area contributed by atoms with Gasteiger partial charge in [0, 0.05) is 50.3 Å². The highest BCUT2D eigenvalue weighted by Crippen LogP contribution is 2.25. The Morgan fingerprint density at radius 1 is 1.14 bits per heavy atom. The molecule has 0 saturated carbocycles. The molecule has 1 aromatic carbocycles. The maximum absolute atomic E-state index is 12.4. The summed E-state index contributed by atoms with van der Waals surface area (Å²) in [5.41, 5.74) is 2.85. The monoisotopic (exact) mass is 414 g/mol. The number of aryl methyl sites for hydroxylation is 1. The standard InChI is InChI=1S/C21H26N4O3S/c1-5-25(6-2)18-11-12-19(17(3)16-18)24(4)20(26)10-7-8-15-29(27,28)21-22-13-9-14-23-21/h9,11-14,16H,5-6,8,15H2,1-4H3. The first-order valence-corrected chi connectivity index (χ1v) is 11.1. The number of anilines is 2.